The number of rotatable bonds is 15. The predicted molar refractivity (Wildman–Crippen MR) is 90.7 cm³/mol. The number of allylic oxidation sites excluding steroid dienone is 1. The molecular formula is C18H36KNaO3. The first-order chi connectivity index (χ1) is 10.2. The number of carboxylic acid groups (broad SMARTS) is 1. The SMILES string of the molecule is CCCCCC[C@@H](O)C/C=C\CCCCCCCC(=O)O.[H-].[H-].[K+].[Na+]. The van der Waals surface area contributed by atoms with E-state index >= 15 is 0 Å². The van der Waals surface area contributed by atoms with Gasteiger partial charge in [0, 0.05) is 6.42 Å². The number of aliphatic hydroxyl groups excluding tert-OH is 1. The Kier molecular flexibility index (Phi) is 30.6. The molecule has 0 aromatic carbocycles. The molecule has 0 fully saturated rings. The van der Waals surface area contributed by atoms with Crippen molar-refractivity contribution in [2.75, 3.05) is 0 Å². The zero-order valence-corrected chi connectivity index (χ0v) is 20.9. The fourth-order valence-corrected chi connectivity index (χ4v) is 2.36. The molecule has 0 saturated heterocycles. The first-order valence-corrected chi connectivity index (χ1v) is 8.71. The molecule has 0 spiro atoms. The van der Waals surface area contributed by atoms with E-state index in [1.165, 1.54) is 25.7 Å². The van der Waals surface area contributed by atoms with Crippen LogP contribution in [0.5, 0.6) is 0 Å². The molecule has 5 heteroatoms. The van der Waals surface area contributed by atoms with Crippen LogP contribution in [0, 0.1) is 0 Å². The molecule has 1 atom stereocenters. The molecule has 2 N–H and O–H groups in total. The summed E-state index contributed by atoms with van der Waals surface area (Å²) in [6.45, 7) is 2.20. The maximum Gasteiger partial charge on any atom is 1.00 e. The van der Waals surface area contributed by atoms with Crippen molar-refractivity contribution in [3.63, 3.8) is 0 Å². The van der Waals surface area contributed by atoms with Crippen molar-refractivity contribution in [3.8, 4) is 0 Å². The molecule has 0 rings (SSSR count). The zero-order chi connectivity index (χ0) is 15.8. The van der Waals surface area contributed by atoms with Crippen LogP contribution < -0.4 is 80.9 Å². The Morgan fingerprint density at radius 3 is 2.26 bits per heavy atom. The minimum atomic E-state index is -0.689. The summed E-state index contributed by atoms with van der Waals surface area (Å²) in [5.74, 6) is -0.689. The van der Waals surface area contributed by atoms with Crippen LogP contribution in [-0.2, 0) is 4.79 Å². The van der Waals surface area contributed by atoms with Gasteiger partial charge in [-0.3, -0.25) is 4.79 Å². The number of hydrogen-bond donors (Lipinski definition) is 2. The van der Waals surface area contributed by atoms with Crippen molar-refractivity contribution in [2.45, 2.75) is 96.5 Å². The number of aliphatic carboxylic acids is 1. The largest absolute Gasteiger partial charge is 1.00 e. The van der Waals surface area contributed by atoms with Gasteiger partial charge in [0.1, 0.15) is 0 Å². The molecule has 0 bridgehead atoms. The van der Waals surface area contributed by atoms with Crippen LogP contribution >= 0.6 is 0 Å². The summed E-state index contributed by atoms with van der Waals surface area (Å²) in [5.41, 5.74) is 0. The number of carbonyl (C=O) groups is 1. The molecule has 0 saturated carbocycles. The van der Waals surface area contributed by atoms with Crippen molar-refractivity contribution >= 4 is 5.97 Å². The summed E-state index contributed by atoms with van der Waals surface area (Å²) in [7, 11) is 0. The molecule has 0 aliphatic rings. The fourth-order valence-electron chi connectivity index (χ4n) is 2.36. The third kappa shape index (κ3) is 26.1. The molecule has 0 aliphatic heterocycles. The first kappa shape index (κ1) is 29.6. The Morgan fingerprint density at radius 1 is 1.00 bits per heavy atom. The minimum absolute atomic E-state index is 0. The van der Waals surface area contributed by atoms with Crippen molar-refractivity contribution in [3.05, 3.63) is 12.2 Å². The average molecular weight is 363 g/mol. The molecule has 0 aromatic rings. The van der Waals surface area contributed by atoms with E-state index < -0.39 is 5.97 Å². The predicted octanol–water partition coefficient (Wildman–Crippen LogP) is -0.688. The monoisotopic (exact) mass is 362 g/mol. The van der Waals surface area contributed by atoms with Gasteiger partial charge in [0.15, 0.2) is 0 Å². The Balaban J connectivity index is -0.000000333. The van der Waals surface area contributed by atoms with Crippen molar-refractivity contribution in [1.82, 2.24) is 0 Å². The summed E-state index contributed by atoms with van der Waals surface area (Å²) >= 11 is 0. The quantitative estimate of drug-likeness (QED) is 0.230. The summed E-state index contributed by atoms with van der Waals surface area (Å²) in [5, 5.41) is 18.3. The van der Waals surface area contributed by atoms with Gasteiger partial charge in [0.05, 0.1) is 6.10 Å². The number of unbranched alkanes of at least 4 members (excludes halogenated alkanes) is 8. The van der Waals surface area contributed by atoms with Crippen LogP contribution in [0.1, 0.15) is 93.2 Å². The maximum atomic E-state index is 10.3. The molecule has 0 unspecified atom stereocenters. The fraction of sp³-hybridized carbons (Fsp3) is 0.833. The van der Waals surface area contributed by atoms with Crippen LogP contribution in [0.2, 0.25) is 0 Å². The second-order valence-electron chi connectivity index (χ2n) is 5.91. The molecule has 3 nitrogen and oxygen atoms in total. The molecule has 0 radical (unpaired) electrons. The van der Waals surface area contributed by atoms with Gasteiger partial charge >= 0.3 is 86.9 Å². The van der Waals surface area contributed by atoms with Gasteiger partial charge < -0.3 is 13.1 Å². The second-order valence-corrected chi connectivity index (χ2v) is 5.91. The van der Waals surface area contributed by atoms with Crippen LogP contribution in [0.4, 0.5) is 0 Å². The van der Waals surface area contributed by atoms with Crippen molar-refractivity contribution in [1.29, 1.82) is 0 Å². The normalized spacial score (nSPS) is 11.7. The van der Waals surface area contributed by atoms with Crippen LogP contribution in [0.15, 0.2) is 12.2 Å². The van der Waals surface area contributed by atoms with E-state index in [9.17, 15) is 9.90 Å². The van der Waals surface area contributed by atoms with Crippen molar-refractivity contribution < 1.29 is 98.8 Å². The summed E-state index contributed by atoms with van der Waals surface area (Å²) in [6.07, 6.45) is 17.4. The number of carboxylic acids is 1. The molecule has 0 aliphatic carbocycles. The standard InChI is InChI=1S/C18H34O3.K.Na.2H/c1-2-3-4-11-14-17(19)15-12-9-7-5-6-8-10-13-16-18(20)21;;;;/h9,12,17,19H,2-8,10-11,13-16H2,1H3,(H,20,21);;;;/q;2*+1;2*-1/b12-9-;;;;/t17-;;;;/m1..../s1. The molecule has 0 amide bonds. The van der Waals surface area contributed by atoms with Crippen LogP contribution in [0.3, 0.4) is 0 Å². The van der Waals surface area contributed by atoms with Gasteiger partial charge in [-0.25, -0.2) is 0 Å². The average Bonchev–Trinajstić information content (AvgIpc) is 2.45. The Hall–Kier alpha value is 1.81. The van der Waals surface area contributed by atoms with Gasteiger partial charge in [-0.1, -0.05) is 64.0 Å². The van der Waals surface area contributed by atoms with E-state index in [1.54, 1.807) is 0 Å². The number of aliphatic hydroxyl groups is 1. The van der Waals surface area contributed by atoms with E-state index in [4.69, 9.17) is 5.11 Å². The summed E-state index contributed by atoms with van der Waals surface area (Å²) in [6, 6.07) is 0. The molecule has 0 aromatic heterocycles. The van der Waals surface area contributed by atoms with E-state index in [-0.39, 0.29) is 89.9 Å². The maximum absolute atomic E-state index is 10.3. The van der Waals surface area contributed by atoms with Crippen LogP contribution in [0.25, 0.3) is 0 Å². The minimum Gasteiger partial charge on any atom is -1.00 e. The van der Waals surface area contributed by atoms with Gasteiger partial charge in [-0.05, 0) is 32.1 Å². The van der Waals surface area contributed by atoms with E-state index in [1.807, 2.05) is 0 Å². The Morgan fingerprint density at radius 2 is 1.61 bits per heavy atom. The summed E-state index contributed by atoms with van der Waals surface area (Å²) in [4.78, 5) is 10.3. The molecule has 0 heterocycles. The van der Waals surface area contributed by atoms with Gasteiger partial charge in [0.2, 0.25) is 0 Å². The topological polar surface area (TPSA) is 57.5 Å². The molecule has 23 heavy (non-hydrogen) atoms. The van der Waals surface area contributed by atoms with Gasteiger partial charge in [0.25, 0.3) is 0 Å². The second kappa shape index (κ2) is 23.8. The van der Waals surface area contributed by atoms with E-state index in [0.29, 0.717) is 6.42 Å². The van der Waals surface area contributed by atoms with Gasteiger partial charge in [-0.15, -0.1) is 0 Å². The Labute approximate surface area is 210 Å². The van der Waals surface area contributed by atoms with E-state index in [2.05, 4.69) is 19.1 Å². The smallest absolute Gasteiger partial charge is 1.00 e. The van der Waals surface area contributed by atoms with Gasteiger partial charge in [-0.2, -0.15) is 0 Å². The first-order valence-electron chi connectivity index (χ1n) is 8.71. The Bertz CT molecular complexity index is 283. The van der Waals surface area contributed by atoms with Crippen molar-refractivity contribution in [2.24, 2.45) is 0 Å². The number of hydrogen-bond acceptors (Lipinski definition) is 2. The van der Waals surface area contributed by atoms with Crippen LogP contribution in [-0.4, -0.2) is 22.3 Å². The third-order valence-electron chi connectivity index (χ3n) is 3.73. The third-order valence-corrected chi connectivity index (χ3v) is 3.73. The molecule has 128 valence electrons. The van der Waals surface area contributed by atoms with E-state index in [0.717, 1.165) is 51.4 Å². The summed E-state index contributed by atoms with van der Waals surface area (Å²) < 4.78 is 0. The zero-order valence-electron chi connectivity index (χ0n) is 17.7. The molecular weight excluding hydrogens is 326 g/mol.